The van der Waals surface area contributed by atoms with Crippen LogP contribution in [-0.4, -0.2) is 23.8 Å². The van der Waals surface area contributed by atoms with Crippen LogP contribution in [0, 0.1) is 0 Å². The minimum absolute atomic E-state index is 0.260. The van der Waals surface area contributed by atoms with Gasteiger partial charge in [-0.3, -0.25) is 9.36 Å². The van der Waals surface area contributed by atoms with Gasteiger partial charge in [0, 0.05) is 6.08 Å². The lowest BCUT2D eigenvalue weighted by atomic mass is 9.96. The third-order valence-corrected chi connectivity index (χ3v) is 6.29. The molecule has 0 saturated carbocycles. The second kappa shape index (κ2) is 8.91. The molecule has 1 atom stereocenters. The van der Waals surface area contributed by atoms with Gasteiger partial charge in [-0.25, -0.2) is 9.79 Å². The van der Waals surface area contributed by atoms with Crippen LogP contribution in [0.25, 0.3) is 6.08 Å². The summed E-state index contributed by atoms with van der Waals surface area (Å²) in [6, 6.07) is 10.1. The summed E-state index contributed by atoms with van der Waals surface area (Å²) in [4.78, 5) is 31.6. The van der Waals surface area contributed by atoms with Crippen LogP contribution in [0.1, 0.15) is 38.1 Å². The number of hydrogen-bond donors (Lipinski definition) is 0. The molecule has 0 spiro atoms. The predicted octanol–water partition coefficient (Wildman–Crippen LogP) is 3.55. The summed E-state index contributed by atoms with van der Waals surface area (Å²) in [6.45, 7) is 5.33. The molecule has 0 bridgehead atoms. The number of hydrogen-bond acceptors (Lipinski definition) is 7. The van der Waals surface area contributed by atoms with E-state index in [1.807, 2.05) is 12.1 Å². The quantitative estimate of drug-likeness (QED) is 0.484. The van der Waals surface area contributed by atoms with Gasteiger partial charge in [0.05, 0.1) is 35.1 Å². The lowest BCUT2D eigenvalue weighted by molar-refractivity contribution is -0.143. The van der Waals surface area contributed by atoms with Crippen molar-refractivity contribution in [1.29, 1.82) is 0 Å². The van der Waals surface area contributed by atoms with Crippen molar-refractivity contribution >= 4 is 39.3 Å². The molecule has 0 aliphatic carbocycles. The molecule has 1 aromatic carbocycles. The monoisotopic (exact) mass is 516 g/mol. The minimum atomic E-state index is -0.672. The topological polar surface area (TPSA) is 83.0 Å². The number of allylic oxidation sites excluding steroid dienone is 1. The maximum atomic E-state index is 13.5. The van der Waals surface area contributed by atoms with E-state index in [9.17, 15) is 9.59 Å². The van der Waals surface area contributed by atoms with Crippen LogP contribution in [0.2, 0.25) is 0 Å². The molecule has 0 fully saturated rings. The fourth-order valence-corrected chi connectivity index (χ4v) is 4.84. The molecule has 0 amide bonds. The second-order valence-corrected chi connectivity index (χ2v) is 9.24. The Balaban J connectivity index is 1.93. The van der Waals surface area contributed by atoms with Gasteiger partial charge >= 0.3 is 5.97 Å². The third-order valence-electron chi connectivity index (χ3n) is 4.88. The maximum absolute atomic E-state index is 13.5. The Labute approximate surface area is 196 Å². The zero-order valence-electron chi connectivity index (χ0n) is 17.9. The average molecular weight is 517 g/mol. The highest BCUT2D eigenvalue weighted by Gasteiger charge is 2.33. The molecule has 2 aromatic heterocycles. The van der Waals surface area contributed by atoms with Gasteiger partial charge in [0.1, 0.15) is 11.5 Å². The minimum Gasteiger partial charge on any atom is -0.497 e. The van der Waals surface area contributed by atoms with Crippen LogP contribution in [0.5, 0.6) is 5.75 Å². The molecule has 1 aliphatic heterocycles. The summed E-state index contributed by atoms with van der Waals surface area (Å²) in [7, 11) is 1.58. The molecular formula is C23H21BrN2O5S. The van der Waals surface area contributed by atoms with Crippen LogP contribution < -0.4 is 19.6 Å². The molecule has 9 heteroatoms. The highest BCUT2D eigenvalue weighted by Crippen LogP contribution is 2.31. The molecule has 0 N–H and O–H groups in total. The SMILES string of the molecule is COc1ccc(C2C(C(=O)OC(C)C)=C(C)N=c3s/c(=C\c4ccc(Br)o4)c(=O)n32)cc1. The Kier molecular flexibility index (Phi) is 6.21. The second-order valence-electron chi connectivity index (χ2n) is 7.45. The molecule has 4 rings (SSSR count). The molecule has 3 aromatic rings. The van der Waals surface area contributed by atoms with Crippen molar-refractivity contribution in [2.45, 2.75) is 32.9 Å². The Morgan fingerprint density at radius 3 is 2.56 bits per heavy atom. The first kappa shape index (κ1) is 22.3. The highest BCUT2D eigenvalue weighted by atomic mass is 79.9. The van der Waals surface area contributed by atoms with Crippen molar-refractivity contribution in [2.24, 2.45) is 4.99 Å². The van der Waals surface area contributed by atoms with Crippen LogP contribution >= 0.6 is 27.3 Å². The van der Waals surface area contributed by atoms with E-state index in [4.69, 9.17) is 13.9 Å². The van der Waals surface area contributed by atoms with E-state index in [1.54, 1.807) is 62.8 Å². The van der Waals surface area contributed by atoms with E-state index in [2.05, 4.69) is 20.9 Å². The first-order chi connectivity index (χ1) is 15.3. The smallest absolute Gasteiger partial charge is 0.338 e. The van der Waals surface area contributed by atoms with Gasteiger partial charge in [-0.2, -0.15) is 0 Å². The van der Waals surface area contributed by atoms with Gasteiger partial charge in [-0.1, -0.05) is 23.5 Å². The number of carbonyl (C=O) groups excluding carboxylic acids is 1. The number of furan rings is 1. The largest absolute Gasteiger partial charge is 0.497 e. The summed E-state index contributed by atoms with van der Waals surface area (Å²) in [5.41, 5.74) is 1.35. The predicted molar refractivity (Wildman–Crippen MR) is 124 cm³/mol. The van der Waals surface area contributed by atoms with Gasteiger partial charge < -0.3 is 13.9 Å². The van der Waals surface area contributed by atoms with Crippen molar-refractivity contribution < 1.29 is 18.7 Å². The molecule has 166 valence electrons. The number of methoxy groups -OCH3 is 1. The Hall–Kier alpha value is -2.91. The third kappa shape index (κ3) is 4.22. The Morgan fingerprint density at radius 1 is 1.25 bits per heavy atom. The number of esters is 1. The lowest BCUT2D eigenvalue weighted by Crippen LogP contribution is -2.40. The number of ether oxygens (including phenoxy) is 2. The van der Waals surface area contributed by atoms with Crippen LogP contribution in [0.15, 0.2) is 66.5 Å². The first-order valence-electron chi connectivity index (χ1n) is 9.91. The summed E-state index contributed by atoms with van der Waals surface area (Å²) >= 11 is 4.52. The molecular weight excluding hydrogens is 496 g/mol. The van der Waals surface area contributed by atoms with Gasteiger partial charge in [0.15, 0.2) is 9.47 Å². The zero-order valence-corrected chi connectivity index (χ0v) is 20.3. The first-order valence-corrected chi connectivity index (χ1v) is 11.5. The van der Waals surface area contributed by atoms with Crippen LogP contribution in [0.4, 0.5) is 0 Å². The number of nitrogens with zero attached hydrogens (tertiary/aromatic N) is 2. The molecule has 1 aliphatic rings. The van der Waals surface area contributed by atoms with Gasteiger partial charge in [0.25, 0.3) is 5.56 Å². The summed E-state index contributed by atoms with van der Waals surface area (Å²) in [5.74, 6) is 0.723. The van der Waals surface area contributed by atoms with Gasteiger partial charge in [-0.05, 0) is 66.5 Å². The van der Waals surface area contributed by atoms with Crippen LogP contribution in [0.3, 0.4) is 0 Å². The van der Waals surface area contributed by atoms with Crippen molar-refractivity contribution in [3.05, 3.63) is 83.3 Å². The standard InChI is InChI=1S/C23H21BrN2O5S/c1-12(2)30-22(28)19-13(3)25-23-26(20(19)14-5-7-15(29-4)8-6-14)21(27)17(32-23)11-16-9-10-18(24)31-16/h5-12,20H,1-4H3/b17-11-. The normalized spacial score (nSPS) is 16.2. The lowest BCUT2D eigenvalue weighted by Gasteiger charge is -2.25. The molecule has 3 heterocycles. The van der Waals surface area contributed by atoms with Gasteiger partial charge in [0.2, 0.25) is 0 Å². The fraction of sp³-hybridized carbons (Fsp3) is 0.261. The molecule has 0 saturated heterocycles. The van der Waals surface area contributed by atoms with Crippen molar-refractivity contribution in [3.63, 3.8) is 0 Å². The molecule has 1 unspecified atom stereocenters. The van der Waals surface area contributed by atoms with E-state index in [0.29, 0.717) is 36.8 Å². The van der Waals surface area contributed by atoms with Crippen molar-refractivity contribution in [3.8, 4) is 5.75 Å². The number of rotatable bonds is 5. The van der Waals surface area contributed by atoms with E-state index < -0.39 is 12.0 Å². The highest BCUT2D eigenvalue weighted by molar-refractivity contribution is 9.10. The van der Waals surface area contributed by atoms with Crippen molar-refractivity contribution in [1.82, 2.24) is 4.57 Å². The fourth-order valence-electron chi connectivity index (χ4n) is 3.50. The summed E-state index contributed by atoms with van der Waals surface area (Å²) in [5, 5.41) is 0. The van der Waals surface area contributed by atoms with E-state index >= 15 is 0 Å². The maximum Gasteiger partial charge on any atom is 0.338 e. The summed E-state index contributed by atoms with van der Waals surface area (Å²) in [6.07, 6.45) is 1.37. The Morgan fingerprint density at radius 2 is 1.97 bits per heavy atom. The number of halogens is 1. The average Bonchev–Trinajstić information content (AvgIpc) is 3.29. The van der Waals surface area contributed by atoms with E-state index in [1.165, 1.54) is 11.3 Å². The van der Waals surface area contributed by atoms with Crippen molar-refractivity contribution in [2.75, 3.05) is 7.11 Å². The molecule has 32 heavy (non-hydrogen) atoms. The number of aromatic nitrogens is 1. The Bertz CT molecular complexity index is 1380. The number of thiazole rings is 1. The molecule has 0 radical (unpaired) electrons. The number of benzene rings is 1. The summed E-state index contributed by atoms with van der Waals surface area (Å²) < 4.78 is 18.9. The number of carbonyl (C=O) groups is 1. The number of fused-ring (bicyclic) bond motifs is 1. The van der Waals surface area contributed by atoms with E-state index in [0.717, 1.165) is 5.56 Å². The molecule has 7 nitrogen and oxygen atoms in total. The zero-order chi connectivity index (χ0) is 23.0. The van der Waals surface area contributed by atoms with E-state index in [-0.39, 0.29) is 11.7 Å². The van der Waals surface area contributed by atoms with Gasteiger partial charge in [-0.15, -0.1) is 0 Å². The van der Waals surface area contributed by atoms with Crippen LogP contribution in [-0.2, 0) is 9.53 Å².